The lowest BCUT2D eigenvalue weighted by Gasteiger charge is -2.24. The van der Waals surface area contributed by atoms with E-state index in [1.807, 2.05) is 6.07 Å². The lowest BCUT2D eigenvalue weighted by molar-refractivity contribution is 0.467. The monoisotopic (exact) mass is 424 g/mol. The Kier molecular flexibility index (Phi) is 6.85. The van der Waals surface area contributed by atoms with Crippen molar-refractivity contribution in [3.63, 3.8) is 0 Å². The molecule has 154 valence electrons. The van der Waals surface area contributed by atoms with Gasteiger partial charge >= 0.3 is 0 Å². The summed E-state index contributed by atoms with van der Waals surface area (Å²) in [5, 5.41) is 0. The van der Waals surface area contributed by atoms with Crippen LogP contribution >= 0.6 is 0 Å². The molecule has 0 saturated carbocycles. The number of hydrogen-bond donors (Lipinski definition) is 0. The predicted octanol–water partition coefficient (Wildman–Crippen LogP) is 3.95. The van der Waals surface area contributed by atoms with Gasteiger partial charge in [0.15, 0.2) is 12.2 Å². The van der Waals surface area contributed by atoms with Crippen LogP contribution in [0.5, 0.6) is 17.2 Å². The van der Waals surface area contributed by atoms with Gasteiger partial charge in [0.25, 0.3) is 0 Å². The average Bonchev–Trinajstić information content (AvgIpc) is 2.78. The van der Waals surface area contributed by atoms with Crippen molar-refractivity contribution < 1.29 is 22.7 Å². The van der Waals surface area contributed by atoms with Crippen LogP contribution in [0.15, 0.2) is 79.3 Å². The summed E-state index contributed by atoms with van der Waals surface area (Å²) in [5.41, 5.74) is 1.33. The minimum atomic E-state index is -3.48. The van der Waals surface area contributed by atoms with E-state index in [1.54, 1.807) is 73.9 Å². The fourth-order valence-electron chi connectivity index (χ4n) is 2.66. The van der Waals surface area contributed by atoms with Crippen LogP contribution in [0.3, 0.4) is 0 Å². The van der Waals surface area contributed by atoms with E-state index in [1.165, 1.54) is 10.2 Å². The van der Waals surface area contributed by atoms with Crippen LogP contribution in [-0.4, -0.2) is 25.1 Å². The van der Waals surface area contributed by atoms with E-state index in [0.29, 0.717) is 22.9 Å². The van der Waals surface area contributed by atoms with E-state index in [2.05, 4.69) is 4.98 Å². The van der Waals surface area contributed by atoms with Crippen molar-refractivity contribution in [1.82, 2.24) is 4.98 Å². The van der Waals surface area contributed by atoms with Crippen molar-refractivity contribution in [2.24, 2.45) is 0 Å². The highest BCUT2D eigenvalue weighted by Gasteiger charge is 2.21. The molecule has 0 aliphatic carbocycles. The largest absolute Gasteiger partial charge is 0.457 e. The molecular formula is C22H20N2O5S. The van der Waals surface area contributed by atoms with Crippen molar-refractivity contribution >= 4 is 21.7 Å². The number of pyridine rings is 1. The Bertz CT molecular complexity index is 1110. The summed E-state index contributed by atoms with van der Waals surface area (Å²) >= 11 is 0. The van der Waals surface area contributed by atoms with Crippen molar-refractivity contribution in [2.45, 2.75) is 13.5 Å². The zero-order chi connectivity index (χ0) is 21.4. The highest BCUT2D eigenvalue weighted by atomic mass is 32.2. The van der Waals surface area contributed by atoms with E-state index < -0.39 is 10.0 Å². The number of nitrogens with zero attached hydrogens (tertiary/aromatic N) is 2. The standard InChI is InChI=1S/C22H20N2O5S/c1-2-30(26,27)24(17-18-4-3-13-23-16-18)19-5-7-21(8-6-19)29-22-11-9-20(10-12-22)28-15-14-25/h3-13,15-16H,2,17H2,1H3. The molecule has 0 bridgehead atoms. The van der Waals surface area contributed by atoms with Gasteiger partial charge in [-0.25, -0.2) is 13.2 Å². The molecule has 0 saturated heterocycles. The Morgan fingerprint density at radius 2 is 1.63 bits per heavy atom. The van der Waals surface area contributed by atoms with Crippen molar-refractivity contribution in [3.05, 3.63) is 84.9 Å². The molecule has 3 aromatic rings. The predicted molar refractivity (Wildman–Crippen MR) is 114 cm³/mol. The van der Waals surface area contributed by atoms with Gasteiger partial charge in [-0.3, -0.25) is 9.29 Å². The molecule has 1 aromatic heterocycles. The van der Waals surface area contributed by atoms with Gasteiger partial charge in [-0.2, -0.15) is 0 Å². The van der Waals surface area contributed by atoms with Gasteiger partial charge < -0.3 is 9.47 Å². The molecule has 0 aliphatic heterocycles. The van der Waals surface area contributed by atoms with Crippen LogP contribution in [0.2, 0.25) is 0 Å². The van der Waals surface area contributed by atoms with Crippen molar-refractivity contribution in [2.75, 3.05) is 10.1 Å². The summed E-state index contributed by atoms with van der Waals surface area (Å²) in [6.45, 7) is 1.81. The molecule has 30 heavy (non-hydrogen) atoms. The summed E-state index contributed by atoms with van der Waals surface area (Å²) in [5.74, 6) is 3.12. The fourth-order valence-corrected chi connectivity index (χ4v) is 3.76. The quantitative estimate of drug-likeness (QED) is 0.382. The molecular weight excluding hydrogens is 404 g/mol. The van der Waals surface area contributed by atoms with Gasteiger partial charge in [0.1, 0.15) is 17.2 Å². The van der Waals surface area contributed by atoms with E-state index >= 15 is 0 Å². The first-order valence-corrected chi connectivity index (χ1v) is 10.8. The van der Waals surface area contributed by atoms with E-state index in [9.17, 15) is 13.2 Å². The van der Waals surface area contributed by atoms with E-state index in [-0.39, 0.29) is 12.3 Å². The third-order valence-electron chi connectivity index (χ3n) is 4.18. The Morgan fingerprint density at radius 3 is 2.20 bits per heavy atom. The third-order valence-corrected chi connectivity index (χ3v) is 5.92. The van der Waals surface area contributed by atoms with Gasteiger partial charge in [-0.1, -0.05) is 6.07 Å². The van der Waals surface area contributed by atoms with E-state index in [0.717, 1.165) is 11.8 Å². The second kappa shape index (κ2) is 9.73. The first-order chi connectivity index (χ1) is 14.5. The maximum absolute atomic E-state index is 12.6. The Hall–Kier alpha value is -3.61. The van der Waals surface area contributed by atoms with Crippen LogP contribution in [0, 0.1) is 0 Å². The average molecular weight is 424 g/mol. The minimum absolute atomic E-state index is 0.0147. The van der Waals surface area contributed by atoms with Crippen LogP contribution in [0.1, 0.15) is 12.5 Å². The van der Waals surface area contributed by atoms with Crippen LogP contribution in [0.25, 0.3) is 0 Å². The molecule has 0 aliphatic rings. The highest BCUT2D eigenvalue weighted by Crippen LogP contribution is 2.28. The lowest BCUT2D eigenvalue weighted by atomic mass is 10.2. The fraction of sp³-hybridized carbons (Fsp3) is 0.136. The maximum atomic E-state index is 12.6. The van der Waals surface area contributed by atoms with Crippen molar-refractivity contribution in [3.8, 4) is 17.2 Å². The van der Waals surface area contributed by atoms with Gasteiger partial charge in [-0.15, -0.1) is 0 Å². The number of aromatic nitrogens is 1. The SMILES string of the molecule is CCS(=O)(=O)N(Cc1cccnc1)c1ccc(Oc2ccc(OC=C=O)cc2)cc1. The number of hydrogen-bond acceptors (Lipinski definition) is 6. The van der Waals surface area contributed by atoms with Gasteiger partial charge in [0.2, 0.25) is 10.0 Å². The zero-order valence-corrected chi connectivity index (χ0v) is 17.1. The third kappa shape index (κ3) is 5.47. The maximum Gasteiger partial charge on any atom is 0.235 e. The number of anilines is 1. The normalized spacial score (nSPS) is 10.7. The smallest absolute Gasteiger partial charge is 0.235 e. The Balaban J connectivity index is 1.77. The number of benzene rings is 2. The first-order valence-electron chi connectivity index (χ1n) is 9.15. The van der Waals surface area contributed by atoms with Crippen molar-refractivity contribution in [1.29, 1.82) is 0 Å². The molecule has 1 heterocycles. The van der Waals surface area contributed by atoms with Crippen LogP contribution < -0.4 is 13.8 Å². The van der Waals surface area contributed by atoms with Crippen LogP contribution in [0.4, 0.5) is 5.69 Å². The second-order valence-corrected chi connectivity index (χ2v) is 8.37. The molecule has 0 fully saturated rings. The summed E-state index contributed by atoms with van der Waals surface area (Å²) in [6, 6.07) is 17.1. The number of rotatable bonds is 9. The van der Waals surface area contributed by atoms with Gasteiger partial charge in [-0.05, 0) is 67.1 Å². The van der Waals surface area contributed by atoms with E-state index in [4.69, 9.17) is 9.47 Å². The Morgan fingerprint density at radius 1 is 1.00 bits per heavy atom. The summed E-state index contributed by atoms with van der Waals surface area (Å²) < 4.78 is 37.4. The molecule has 2 aromatic carbocycles. The summed E-state index contributed by atoms with van der Waals surface area (Å²) in [4.78, 5) is 14.2. The lowest BCUT2D eigenvalue weighted by Crippen LogP contribution is -2.31. The summed E-state index contributed by atoms with van der Waals surface area (Å²) in [7, 11) is -3.48. The van der Waals surface area contributed by atoms with Gasteiger partial charge in [0.05, 0.1) is 18.0 Å². The molecule has 0 spiro atoms. The molecule has 8 heteroatoms. The highest BCUT2D eigenvalue weighted by molar-refractivity contribution is 7.92. The first kappa shape index (κ1) is 21.1. The van der Waals surface area contributed by atoms with Gasteiger partial charge in [0, 0.05) is 12.4 Å². The molecule has 0 radical (unpaired) electrons. The molecule has 0 atom stereocenters. The number of sulfonamides is 1. The molecule has 0 N–H and O–H groups in total. The molecule has 0 amide bonds. The zero-order valence-electron chi connectivity index (χ0n) is 16.3. The second-order valence-electron chi connectivity index (χ2n) is 6.19. The minimum Gasteiger partial charge on any atom is -0.457 e. The van der Waals surface area contributed by atoms with Crippen LogP contribution in [-0.2, 0) is 21.4 Å². The molecule has 3 rings (SSSR count). The number of carbonyl (C=O) groups excluding carboxylic acids is 1. The Labute approximate surface area is 175 Å². The molecule has 7 nitrogen and oxygen atoms in total. The summed E-state index contributed by atoms with van der Waals surface area (Å²) in [6.07, 6.45) is 4.22. The molecule has 0 unspecified atom stereocenters. The number of ether oxygens (including phenoxy) is 2. The topological polar surface area (TPSA) is 85.8 Å².